The van der Waals surface area contributed by atoms with E-state index < -0.39 is 17.3 Å². The van der Waals surface area contributed by atoms with Crippen LogP contribution in [0.1, 0.15) is 43.5 Å². The first kappa shape index (κ1) is 22.1. The van der Waals surface area contributed by atoms with Crippen LogP contribution in [0.15, 0.2) is 24.3 Å². The average Bonchev–Trinajstić information content (AvgIpc) is 3.17. The number of carbonyl (C=O) groups is 3. The molecule has 3 amide bonds. The van der Waals surface area contributed by atoms with E-state index in [0.29, 0.717) is 38.0 Å². The maximum Gasteiger partial charge on any atom is 0.251 e. The number of amides is 3. The van der Waals surface area contributed by atoms with Crippen molar-refractivity contribution in [1.29, 1.82) is 0 Å². The average molecular weight is 412 g/mol. The lowest BCUT2D eigenvalue weighted by atomic mass is 9.94. The molecule has 0 unspecified atom stereocenters. The maximum absolute atomic E-state index is 12.9. The molecule has 0 aromatic heterocycles. The number of nitrogens with zero attached hydrogens (tertiary/aromatic N) is 1. The van der Waals surface area contributed by atoms with Crippen LogP contribution in [0.25, 0.3) is 0 Å². The van der Waals surface area contributed by atoms with Gasteiger partial charge in [0.05, 0.1) is 5.41 Å². The Hall–Kier alpha value is -2.15. The summed E-state index contributed by atoms with van der Waals surface area (Å²) in [5.41, 5.74) is -0.317. The topological polar surface area (TPSA) is 78.5 Å². The van der Waals surface area contributed by atoms with Gasteiger partial charge in [0, 0.05) is 31.1 Å². The van der Waals surface area contributed by atoms with Crippen molar-refractivity contribution in [2.24, 2.45) is 5.41 Å². The van der Waals surface area contributed by atoms with E-state index in [1.807, 2.05) is 0 Å². The standard InChI is InChI=1S/C20H27ClFN3O3/c1-20(2,13-21)19(28)25-12-3-5-16(25)18(27)24-11-4-10-23-17(26)14-6-8-15(22)9-7-14/h6-9,16H,3-5,10-13H2,1-2H3,(H,23,26)(H,24,27)/t16-/m0/s1. The molecule has 1 aromatic carbocycles. The fourth-order valence-corrected chi connectivity index (χ4v) is 3.17. The van der Waals surface area contributed by atoms with E-state index in [4.69, 9.17) is 11.6 Å². The Morgan fingerprint density at radius 2 is 1.82 bits per heavy atom. The fourth-order valence-electron chi connectivity index (χ4n) is 3.05. The van der Waals surface area contributed by atoms with E-state index >= 15 is 0 Å². The van der Waals surface area contributed by atoms with Gasteiger partial charge >= 0.3 is 0 Å². The van der Waals surface area contributed by atoms with E-state index in [2.05, 4.69) is 10.6 Å². The van der Waals surface area contributed by atoms with Gasteiger partial charge in [-0.2, -0.15) is 0 Å². The third-order valence-electron chi connectivity index (χ3n) is 4.77. The number of carbonyl (C=O) groups excluding carboxylic acids is 3. The molecule has 154 valence electrons. The first-order valence-corrected chi connectivity index (χ1v) is 9.98. The minimum atomic E-state index is -0.699. The number of halogens is 2. The first-order chi connectivity index (χ1) is 13.3. The minimum Gasteiger partial charge on any atom is -0.354 e. The molecule has 8 heteroatoms. The predicted octanol–water partition coefficient (Wildman–Crippen LogP) is 2.32. The molecule has 0 bridgehead atoms. The van der Waals surface area contributed by atoms with Crippen LogP contribution >= 0.6 is 11.6 Å². The highest BCUT2D eigenvalue weighted by Gasteiger charge is 2.40. The first-order valence-electron chi connectivity index (χ1n) is 9.45. The van der Waals surface area contributed by atoms with Gasteiger partial charge < -0.3 is 15.5 Å². The SMILES string of the molecule is CC(C)(CCl)C(=O)N1CCC[C@H]1C(=O)NCCCNC(=O)c1ccc(F)cc1. The second-order valence-electron chi connectivity index (χ2n) is 7.58. The maximum atomic E-state index is 12.9. The predicted molar refractivity (Wildman–Crippen MR) is 106 cm³/mol. The van der Waals surface area contributed by atoms with Crippen LogP contribution in [0.2, 0.25) is 0 Å². The van der Waals surface area contributed by atoms with Crippen LogP contribution in [0.3, 0.4) is 0 Å². The summed E-state index contributed by atoms with van der Waals surface area (Å²) < 4.78 is 12.9. The lowest BCUT2D eigenvalue weighted by Gasteiger charge is -2.31. The van der Waals surface area contributed by atoms with Crippen LogP contribution < -0.4 is 10.6 Å². The van der Waals surface area contributed by atoms with Gasteiger partial charge in [0.2, 0.25) is 11.8 Å². The van der Waals surface area contributed by atoms with Crippen molar-refractivity contribution in [3.05, 3.63) is 35.6 Å². The summed E-state index contributed by atoms with van der Waals surface area (Å²) >= 11 is 5.89. The summed E-state index contributed by atoms with van der Waals surface area (Å²) in [5.74, 6) is -0.770. The van der Waals surface area contributed by atoms with Crippen molar-refractivity contribution in [1.82, 2.24) is 15.5 Å². The molecule has 0 saturated carbocycles. The zero-order valence-electron chi connectivity index (χ0n) is 16.3. The van der Waals surface area contributed by atoms with Crippen LogP contribution in [-0.2, 0) is 9.59 Å². The Morgan fingerprint density at radius 1 is 1.18 bits per heavy atom. The highest BCUT2D eigenvalue weighted by molar-refractivity contribution is 6.19. The molecule has 0 spiro atoms. The van der Waals surface area contributed by atoms with Gasteiger partial charge in [-0.1, -0.05) is 0 Å². The van der Waals surface area contributed by atoms with Crippen molar-refractivity contribution in [3.63, 3.8) is 0 Å². The highest BCUT2D eigenvalue weighted by Crippen LogP contribution is 2.27. The molecular weight excluding hydrogens is 385 g/mol. The molecule has 1 atom stereocenters. The fraction of sp³-hybridized carbons (Fsp3) is 0.550. The number of likely N-dealkylation sites (tertiary alicyclic amines) is 1. The Bertz CT molecular complexity index is 709. The molecule has 2 N–H and O–H groups in total. The van der Waals surface area contributed by atoms with Crippen molar-refractivity contribution < 1.29 is 18.8 Å². The van der Waals surface area contributed by atoms with E-state index in [0.717, 1.165) is 6.42 Å². The van der Waals surface area contributed by atoms with E-state index in [9.17, 15) is 18.8 Å². The molecule has 1 fully saturated rings. The monoisotopic (exact) mass is 411 g/mol. The second kappa shape index (κ2) is 9.87. The van der Waals surface area contributed by atoms with Crippen molar-refractivity contribution in [2.75, 3.05) is 25.5 Å². The lowest BCUT2D eigenvalue weighted by Crippen LogP contribution is -2.50. The molecule has 1 heterocycles. The van der Waals surface area contributed by atoms with Gasteiger partial charge in [-0.25, -0.2) is 4.39 Å². The molecule has 1 aromatic rings. The third kappa shape index (κ3) is 5.67. The van der Waals surface area contributed by atoms with Crippen LogP contribution in [0, 0.1) is 11.2 Å². The van der Waals surface area contributed by atoms with Gasteiger partial charge in [-0.15, -0.1) is 11.6 Å². The summed E-state index contributed by atoms with van der Waals surface area (Å²) in [4.78, 5) is 38.6. The molecule has 6 nitrogen and oxygen atoms in total. The Balaban J connectivity index is 1.74. The summed E-state index contributed by atoms with van der Waals surface area (Å²) in [6, 6.07) is 4.83. The zero-order chi connectivity index (χ0) is 20.7. The molecule has 2 rings (SSSR count). The van der Waals surface area contributed by atoms with Gasteiger partial charge in [0.1, 0.15) is 11.9 Å². The van der Waals surface area contributed by atoms with Crippen LogP contribution in [0.5, 0.6) is 0 Å². The Labute approximate surface area is 169 Å². The molecule has 1 aliphatic rings. The van der Waals surface area contributed by atoms with Gasteiger partial charge in [0.15, 0.2) is 0 Å². The summed E-state index contributed by atoms with van der Waals surface area (Å²) in [7, 11) is 0. The highest BCUT2D eigenvalue weighted by atomic mass is 35.5. The quantitative estimate of drug-likeness (QED) is 0.509. The minimum absolute atomic E-state index is 0.105. The van der Waals surface area contributed by atoms with E-state index in [-0.39, 0.29) is 23.6 Å². The summed E-state index contributed by atoms with van der Waals surface area (Å²) in [5, 5.41) is 5.56. The Kier molecular flexibility index (Phi) is 7.80. The molecule has 28 heavy (non-hydrogen) atoms. The second-order valence-corrected chi connectivity index (χ2v) is 7.85. The number of alkyl halides is 1. The molecule has 0 aliphatic carbocycles. The zero-order valence-corrected chi connectivity index (χ0v) is 17.0. The summed E-state index contributed by atoms with van der Waals surface area (Å²) in [6.07, 6.45) is 1.97. The Morgan fingerprint density at radius 3 is 2.46 bits per heavy atom. The van der Waals surface area contributed by atoms with Gasteiger partial charge in [0.25, 0.3) is 5.91 Å². The van der Waals surface area contributed by atoms with Gasteiger partial charge in [-0.3, -0.25) is 14.4 Å². The molecule has 1 aliphatic heterocycles. The number of hydrogen-bond acceptors (Lipinski definition) is 3. The smallest absolute Gasteiger partial charge is 0.251 e. The number of nitrogens with one attached hydrogen (secondary N) is 2. The van der Waals surface area contributed by atoms with Crippen molar-refractivity contribution in [3.8, 4) is 0 Å². The van der Waals surface area contributed by atoms with Crippen LogP contribution in [0.4, 0.5) is 4.39 Å². The lowest BCUT2D eigenvalue weighted by molar-refractivity contribution is -0.144. The van der Waals surface area contributed by atoms with Crippen molar-refractivity contribution in [2.45, 2.75) is 39.2 Å². The van der Waals surface area contributed by atoms with Crippen LogP contribution in [-0.4, -0.2) is 54.2 Å². The number of benzene rings is 1. The largest absolute Gasteiger partial charge is 0.354 e. The molecule has 1 saturated heterocycles. The van der Waals surface area contributed by atoms with E-state index in [1.165, 1.54) is 24.3 Å². The number of rotatable bonds is 8. The van der Waals surface area contributed by atoms with Crippen molar-refractivity contribution >= 4 is 29.3 Å². The van der Waals surface area contributed by atoms with Gasteiger partial charge in [-0.05, 0) is 57.4 Å². The molecular formula is C20H27ClFN3O3. The van der Waals surface area contributed by atoms with E-state index in [1.54, 1.807) is 18.7 Å². The normalized spacial score (nSPS) is 16.7. The molecule has 0 radical (unpaired) electrons. The third-order valence-corrected chi connectivity index (χ3v) is 5.44. The summed E-state index contributed by atoms with van der Waals surface area (Å²) in [6.45, 7) is 4.88. The number of hydrogen-bond donors (Lipinski definition) is 2.